The van der Waals surface area contributed by atoms with Crippen LogP contribution in [0.3, 0.4) is 0 Å². The number of nitrogens with one attached hydrogen (secondary N) is 1. The molecule has 1 aromatic rings. The van der Waals surface area contributed by atoms with Gasteiger partial charge in [-0.15, -0.1) is 0 Å². The molecule has 1 aromatic heterocycles. The monoisotopic (exact) mass is 277 g/mol. The van der Waals surface area contributed by atoms with Gasteiger partial charge in [-0.05, 0) is 31.6 Å². The zero-order valence-electron chi connectivity index (χ0n) is 11.4. The molecule has 2 aliphatic rings. The SMILES string of the molecule is O=C(c1cc([N+](=O)[O-])c[nH]1)N1CCC[C@H]2CCCC[C@H]21. The molecule has 0 aromatic carbocycles. The van der Waals surface area contributed by atoms with E-state index >= 15 is 0 Å². The number of fused-ring (bicyclic) bond motifs is 1. The average molecular weight is 277 g/mol. The summed E-state index contributed by atoms with van der Waals surface area (Å²) >= 11 is 0. The molecule has 0 radical (unpaired) electrons. The Bertz CT molecular complexity index is 523. The van der Waals surface area contributed by atoms with E-state index in [-0.39, 0.29) is 11.6 Å². The summed E-state index contributed by atoms with van der Waals surface area (Å²) in [4.78, 5) is 27.5. The van der Waals surface area contributed by atoms with Gasteiger partial charge in [0.15, 0.2) is 0 Å². The van der Waals surface area contributed by atoms with Crippen molar-refractivity contribution in [3.05, 3.63) is 28.1 Å². The Labute approximate surface area is 117 Å². The minimum Gasteiger partial charge on any atom is -0.351 e. The molecule has 0 unspecified atom stereocenters. The lowest BCUT2D eigenvalue weighted by Crippen LogP contribution is -2.49. The van der Waals surface area contributed by atoms with Crippen LogP contribution < -0.4 is 0 Å². The van der Waals surface area contributed by atoms with Gasteiger partial charge in [0.05, 0.1) is 11.1 Å². The number of H-pyrrole nitrogens is 1. The average Bonchev–Trinajstić information content (AvgIpc) is 2.96. The fourth-order valence-electron chi connectivity index (χ4n) is 3.64. The van der Waals surface area contributed by atoms with Crippen molar-refractivity contribution >= 4 is 11.6 Å². The first kappa shape index (κ1) is 13.1. The predicted octanol–water partition coefficient (Wildman–Crippen LogP) is 2.72. The van der Waals surface area contributed by atoms with Crippen molar-refractivity contribution in [2.75, 3.05) is 6.54 Å². The van der Waals surface area contributed by atoms with Crippen LogP contribution in [0.15, 0.2) is 12.3 Å². The van der Waals surface area contributed by atoms with E-state index in [0.29, 0.717) is 17.7 Å². The fourth-order valence-corrected chi connectivity index (χ4v) is 3.64. The van der Waals surface area contributed by atoms with Gasteiger partial charge < -0.3 is 9.88 Å². The summed E-state index contributed by atoms with van der Waals surface area (Å²) in [6.07, 6.45) is 8.25. The Hall–Kier alpha value is -1.85. The van der Waals surface area contributed by atoms with E-state index in [1.165, 1.54) is 37.9 Å². The zero-order valence-corrected chi connectivity index (χ0v) is 11.4. The molecule has 1 aliphatic heterocycles. The third-order valence-electron chi connectivity index (χ3n) is 4.61. The molecule has 6 nitrogen and oxygen atoms in total. The van der Waals surface area contributed by atoms with E-state index < -0.39 is 4.92 Å². The van der Waals surface area contributed by atoms with Crippen molar-refractivity contribution in [2.45, 2.75) is 44.6 Å². The third-order valence-corrected chi connectivity index (χ3v) is 4.61. The first-order chi connectivity index (χ1) is 9.66. The molecular weight excluding hydrogens is 258 g/mol. The van der Waals surface area contributed by atoms with Gasteiger partial charge >= 0.3 is 0 Å². The number of amides is 1. The lowest BCUT2D eigenvalue weighted by Gasteiger charge is -2.44. The molecular formula is C14H19N3O3. The summed E-state index contributed by atoms with van der Waals surface area (Å²) in [5.41, 5.74) is 0.286. The number of carbonyl (C=O) groups is 1. The second-order valence-electron chi connectivity index (χ2n) is 5.78. The first-order valence-corrected chi connectivity index (χ1v) is 7.30. The number of nitrogens with zero attached hydrogens (tertiary/aromatic N) is 2. The van der Waals surface area contributed by atoms with Crippen LogP contribution in [0.2, 0.25) is 0 Å². The lowest BCUT2D eigenvalue weighted by atomic mass is 9.78. The second kappa shape index (κ2) is 5.26. The maximum absolute atomic E-state index is 12.6. The molecule has 0 bridgehead atoms. The topological polar surface area (TPSA) is 79.2 Å². The number of nitro groups is 1. The van der Waals surface area contributed by atoms with Gasteiger partial charge in [0, 0.05) is 18.7 Å². The number of piperidine rings is 1. The van der Waals surface area contributed by atoms with Crippen molar-refractivity contribution in [3.8, 4) is 0 Å². The highest BCUT2D eigenvalue weighted by Gasteiger charge is 2.36. The number of aromatic amines is 1. The highest BCUT2D eigenvalue weighted by Crippen LogP contribution is 2.36. The molecule has 1 N–H and O–H groups in total. The smallest absolute Gasteiger partial charge is 0.287 e. The summed E-state index contributed by atoms with van der Waals surface area (Å²) < 4.78 is 0. The number of carbonyl (C=O) groups excluding carboxylic acids is 1. The fraction of sp³-hybridized carbons (Fsp3) is 0.643. The van der Waals surface area contributed by atoms with Gasteiger partial charge in [-0.25, -0.2) is 0 Å². The van der Waals surface area contributed by atoms with Gasteiger partial charge in [0.2, 0.25) is 0 Å². The summed E-state index contributed by atoms with van der Waals surface area (Å²) in [5, 5.41) is 10.7. The largest absolute Gasteiger partial charge is 0.351 e. The Morgan fingerprint density at radius 1 is 1.30 bits per heavy atom. The summed E-state index contributed by atoms with van der Waals surface area (Å²) in [7, 11) is 0. The van der Waals surface area contributed by atoms with Crippen LogP contribution in [0.1, 0.15) is 49.0 Å². The minimum absolute atomic E-state index is 0.0504. The second-order valence-corrected chi connectivity index (χ2v) is 5.78. The Morgan fingerprint density at radius 3 is 2.80 bits per heavy atom. The normalized spacial score (nSPS) is 26.1. The van der Waals surface area contributed by atoms with E-state index in [2.05, 4.69) is 4.98 Å². The Balaban J connectivity index is 1.79. The maximum Gasteiger partial charge on any atom is 0.287 e. The van der Waals surface area contributed by atoms with Crippen molar-refractivity contribution in [1.29, 1.82) is 0 Å². The van der Waals surface area contributed by atoms with Crippen molar-refractivity contribution in [1.82, 2.24) is 9.88 Å². The summed E-state index contributed by atoms with van der Waals surface area (Å²) in [5.74, 6) is 0.529. The molecule has 1 saturated carbocycles. The predicted molar refractivity (Wildman–Crippen MR) is 73.5 cm³/mol. The van der Waals surface area contributed by atoms with Gasteiger partial charge in [0.25, 0.3) is 11.6 Å². The molecule has 1 amide bonds. The molecule has 1 saturated heterocycles. The van der Waals surface area contributed by atoms with Crippen LogP contribution in [-0.2, 0) is 0 Å². The van der Waals surface area contributed by atoms with Crippen molar-refractivity contribution < 1.29 is 9.72 Å². The highest BCUT2D eigenvalue weighted by atomic mass is 16.6. The number of rotatable bonds is 2. The van der Waals surface area contributed by atoms with E-state index in [1.54, 1.807) is 0 Å². The number of hydrogen-bond donors (Lipinski definition) is 1. The molecule has 3 rings (SSSR count). The van der Waals surface area contributed by atoms with E-state index in [1.807, 2.05) is 4.90 Å². The summed E-state index contributed by atoms with van der Waals surface area (Å²) in [6, 6.07) is 1.67. The van der Waals surface area contributed by atoms with Gasteiger partial charge in [-0.3, -0.25) is 14.9 Å². The van der Waals surface area contributed by atoms with Crippen LogP contribution in [0.4, 0.5) is 5.69 Å². The number of hydrogen-bond acceptors (Lipinski definition) is 3. The van der Waals surface area contributed by atoms with Crippen LogP contribution in [0, 0.1) is 16.0 Å². The standard InChI is InChI=1S/C14H19N3O3/c18-14(12-8-11(9-15-12)17(19)20)16-7-3-5-10-4-1-2-6-13(10)16/h8-10,13,15H,1-7H2/t10-,13-/m1/s1. The van der Waals surface area contributed by atoms with E-state index in [0.717, 1.165) is 19.4 Å². The summed E-state index contributed by atoms with van der Waals surface area (Å²) in [6.45, 7) is 0.771. The van der Waals surface area contributed by atoms with E-state index in [4.69, 9.17) is 0 Å². The van der Waals surface area contributed by atoms with Gasteiger partial charge in [-0.1, -0.05) is 12.8 Å². The molecule has 108 valence electrons. The third kappa shape index (κ3) is 2.30. The highest BCUT2D eigenvalue weighted by molar-refractivity contribution is 5.93. The van der Waals surface area contributed by atoms with Crippen molar-refractivity contribution in [2.24, 2.45) is 5.92 Å². The number of aromatic nitrogens is 1. The van der Waals surface area contributed by atoms with Crippen LogP contribution in [0.5, 0.6) is 0 Å². The minimum atomic E-state index is -0.479. The number of likely N-dealkylation sites (tertiary alicyclic amines) is 1. The van der Waals surface area contributed by atoms with Gasteiger partial charge in [0.1, 0.15) is 5.69 Å². The molecule has 6 heteroatoms. The molecule has 1 aliphatic carbocycles. The van der Waals surface area contributed by atoms with Gasteiger partial charge in [-0.2, -0.15) is 0 Å². The first-order valence-electron chi connectivity index (χ1n) is 7.30. The lowest BCUT2D eigenvalue weighted by molar-refractivity contribution is -0.384. The quantitative estimate of drug-likeness (QED) is 0.666. The Morgan fingerprint density at radius 2 is 2.05 bits per heavy atom. The molecule has 0 spiro atoms. The molecule has 2 atom stereocenters. The van der Waals surface area contributed by atoms with Crippen LogP contribution >= 0.6 is 0 Å². The molecule has 2 fully saturated rings. The molecule has 20 heavy (non-hydrogen) atoms. The van der Waals surface area contributed by atoms with E-state index in [9.17, 15) is 14.9 Å². The van der Waals surface area contributed by atoms with Crippen LogP contribution in [-0.4, -0.2) is 33.3 Å². The van der Waals surface area contributed by atoms with Crippen molar-refractivity contribution in [3.63, 3.8) is 0 Å². The maximum atomic E-state index is 12.6. The Kier molecular flexibility index (Phi) is 3.46. The molecule has 2 heterocycles. The zero-order chi connectivity index (χ0) is 14.1. The van der Waals surface area contributed by atoms with Crippen LogP contribution in [0.25, 0.3) is 0 Å².